The minimum atomic E-state index is -0.524. The van der Waals surface area contributed by atoms with Crippen molar-refractivity contribution in [3.05, 3.63) is 77.1 Å². The summed E-state index contributed by atoms with van der Waals surface area (Å²) in [5.74, 6) is 0.402. The van der Waals surface area contributed by atoms with Crippen LogP contribution in [0, 0.1) is 11.6 Å². The SMILES string of the molecule is O=C(NCCc1nnc2n1CCN(Cc1c(F)cccc1F)CC2)c1cccnc1. The molecule has 0 atom stereocenters. The molecule has 0 saturated carbocycles. The Balaban J connectivity index is 1.34. The first-order chi connectivity index (χ1) is 14.6. The lowest BCUT2D eigenvalue weighted by Crippen LogP contribution is -2.28. The number of benzene rings is 1. The molecule has 0 radical (unpaired) electrons. The third-order valence-electron chi connectivity index (χ3n) is 5.20. The largest absolute Gasteiger partial charge is 0.352 e. The molecule has 1 N–H and O–H groups in total. The number of rotatable bonds is 6. The van der Waals surface area contributed by atoms with Crippen LogP contribution in [0.25, 0.3) is 0 Å². The number of halogens is 2. The summed E-state index contributed by atoms with van der Waals surface area (Å²) < 4.78 is 30.0. The van der Waals surface area contributed by atoms with Gasteiger partial charge in [-0.05, 0) is 24.3 Å². The van der Waals surface area contributed by atoms with E-state index in [1.54, 1.807) is 18.3 Å². The summed E-state index contributed by atoms with van der Waals surface area (Å²) in [6.45, 7) is 2.55. The standard InChI is InChI=1S/C21H22F2N6O/c22-17-4-1-5-18(23)16(17)14-28-10-7-20-27-26-19(29(20)12-11-28)6-9-25-21(30)15-3-2-8-24-13-15/h1-5,8,13H,6-7,9-12,14H2,(H,25,30). The van der Waals surface area contributed by atoms with Crippen LogP contribution in [-0.2, 0) is 25.9 Å². The molecule has 1 aliphatic rings. The third kappa shape index (κ3) is 4.51. The third-order valence-corrected chi connectivity index (χ3v) is 5.20. The fraction of sp³-hybridized carbons (Fsp3) is 0.333. The molecule has 9 heteroatoms. The Labute approximate surface area is 172 Å². The monoisotopic (exact) mass is 412 g/mol. The summed E-state index contributed by atoms with van der Waals surface area (Å²) >= 11 is 0. The van der Waals surface area contributed by atoms with Crippen LogP contribution in [-0.4, -0.2) is 50.2 Å². The summed E-state index contributed by atoms with van der Waals surface area (Å²) in [5.41, 5.74) is 0.599. The quantitative estimate of drug-likeness (QED) is 0.670. The molecule has 0 aliphatic carbocycles. The van der Waals surface area contributed by atoms with E-state index in [1.165, 1.54) is 24.4 Å². The fourth-order valence-electron chi connectivity index (χ4n) is 3.56. The normalized spacial score (nSPS) is 14.2. The maximum Gasteiger partial charge on any atom is 0.252 e. The molecule has 2 aromatic heterocycles. The number of amides is 1. The summed E-state index contributed by atoms with van der Waals surface area (Å²) in [7, 11) is 0. The van der Waals surface area contributed by atoms with Gasteiger partial charge >= 0.3 is 0 Å². The molecule has 1 amide bonds. The first-order valence-corrected chi connectivity index (χ1v) is 9.86. The molecule has 1 aliphatic heterocycles. The molecule has 1 aromatic carbocycles. The molecule has 0 unspecified atom stereocenters. The van der Waals surface area contributed by atoms with Gasteiger partial charge in [0.15, 0.2) is 0 Å². The molecule has 0 spiro atoms. The number of nitrogens with zero attached hydrogens (tertiary/aromatic N) is 5. The summed E-state index contributed by atoms with van der Waals surface area (Å²) in [4.78, 5) is 18.1. The van der Waals surface area contributed by atoms with E-state index in [0.717, 1.165) is 11.6 Å². The van der Waals surface area contributed by atoms with Crippen molar-refractivity contribution in [1.82, 2.24) is 30.0 Å². The van der Waals surface area contributed by atoms with Gasteiger partial charge < -0.3 is 9.88 Å². The van der Waals surface area contributed by atoms with Gasteiger partial charge in [0.1, 0.15) is 23.3 Å². The minimum absolute atomic E-state index is 0.0912. The predicted molar refractivity (Wildman–Crippen MR) is 106 cm³/mol. The van der Waals surface area contributed by atoms with Crippen molar-refractivity contribution in [2.75, 3.05) is 19.6 Å². The van der Waals surface area contributed by atoms with Gasteiger partial charge in [0.25, 0.3) is 5.91 Å². The van der Waals surface area contributed by atoms with Gasteiger partial charge in [0.2, 0.25) is 0 Å². The number of pyridine rings is 1. The van der Waals surface area contributed by atoms with Crippen molar-refractivity contribution >= 4 is 5.91 Å². The fourth-order valence-corrected chi connectivity index (χ4v) is 3.56. The Morgan fingerprint density at radius 2 is 1.90 bits per heavy atom. The van der Waals surface area contributed by atoms with Crippen LogP contribution in [0.15, 0.2) is 42.7 Å². The van der Waals surface area contributed by atoms with Crippen LogP contribution in [0.2, 0.25) is 0 Å². The minimum Gasteiger partial charge on any atom is -0.352 e. The van der Waals surface area contributed by atoms with Crippen molar-refractivity contribution in [2.45, 2.75) is 25.9 Å². The van der Waals surface area contributed by atoms with Crippen LogP contribution in [0.4, 0.5) is 8.78 Å². The van der Waals surface area contributed by atoms with E-state index in [0.29, 0.717) is 44.6 Å². The first-order valence-electron chi connectivity index (χ1n) is 9.86. The molecule has 0 fully saturated rings. The lowest BCUT2D eigenvalue weighted by Gasteiger charge is -2.20. The van der Waals surface area contributed by atoms with Crippen molar-refractivity contribution in [2.24, 2.45) is 0 Å². The second-order valence-corrected chi connectivity index (χ2v) is 7.16. The molecule has 4 rings (SSSR count). The van der Waals surface area contributed by atoms with E-state index in [4.69, 9.17) is 0 Å². The van der Waals surface area contributed by atoms with Gasteiger partial charge in [0.05, 0.1) is 5.56 Å². The predicted octanol–water partition coefficient (Wildman–Crippen LogP) is 1.98. The second-order valence-electron chi connectivity index (χ2n) is 7.16. The molecular formula is C21H22F2N6O. The Morgan fingerprint density at radius 3 is 2.67 bits per heavy atom. The van der Waals surface area contributed by atoms with Gasteiger partial charge in [-0.15, -0.1) is 10.2 Å². The van der Waals surface area contributed by atoms with Gasteiger partial charge in [-0.3, -0.25) is 14.7 Å². The Kier molecular flexibility index (Phi) is 6.08. The zero-order chi connectivity index (χ0) is 20.9. The van der Waals surface area contributed by atoms with E-state index in [-0.39, 0.29) is 18.0 Å². The molecule has 0 bridgehead atoms. The average molecular weight is 412 g/mol. The maximum absolute atomic E-state index is 14.0. The topological polar surface area (TPSA) is 75.9 Å². The van der Waals surface area contributed by atoms with Crippen molar-refractivity contribution in [3.63, 3.8) is 0 Å². The van der Waals surface area contributed by atoms with Crippen molar-refractivity contribution in [3.8, 4) is 0 Å². The zero-order valence-electron chi connectivity index (χ0n) is 16.4. The van der Waals surface area contributed by atoms with Crippen LogP contribution in [0.5, 0.6) is 0 Å². The van der Waals surface area contributed by atoms with Gasteiger partial charge in [-0.1, -0.05) is 6.07 Å². The van der Waals surface area contributed by atoms with Crippen LogP contribution >= 0.6 is 0 Å². The lowest BCUT2D eigenvalue weighted by molar-refractivity contribution is 0.0953. The molecule has 7 nitrogen and oxygen atoms in total. The Morgan fingerprint density at radius 1 is 1.07 bits per heavy atom. The van der Waals surface area contributed by atoms with Crippen molar-refractivity contribution in [1.29, 1.82) is 0 Å². The average Bonchev–Trinajstić information content (AvgIpc) is 3.02. The number of aromatic nitrogens is 4. The van der Waals surface area contributed by atoms with Crippen LogP contribution in [0.3, 0.4) is 0 Å². The highest BCUT2D eigenvalue weighted by Gasteiger charge is 2.20. The maximum atomic E-state index is 14.0. The van der Waals surface area contributed by atoms with Crippen LogP contribution in [0.1, 0.15) is 27.6 Å². The number of carbonyl (C=O) groups excluding carboxylic acids is 1. The second kappa shape index (κ2) is 9.08. The molecule has 0 saturated heterocycles. The molecule has 156 valence electrons. The van der Waals surface area contributed by atoms with E-state index in [9.17, 15) is 13.6 Å². The highest BCUT2D eigenvalue weighted by Crippen LogP contribution is 2.17. The summed E-state index contributed by atoms with van der Waals surface area (Å²) in [6, 6.07) is 7.36. The molecule has 3 heterocycles. The van der Waals surface area contributed by atoms with Crippen molar-refractivity contribution < 1.29 is 13.6 Å². The van der Waals surface area contributed by atoms with E-state index >= 15 is 0 Å². The first kappa shape index (κ1) is 20.1. The molecule has 30 heavy (non-hydrogen) atoms. The Hall–Kier alpha value is -3.20. The van der Waals surface area contributed by atoms with E-state index in [1.807, 2.05) is 9.47 Å². The van der Waals surface area contributed by atoms with Crippen LogP contribution < -0.4 is 5.32 Å². The number of hydrogen-bond acceptors (Lipinski definition) is 5. The molecular weight excluding hydrogens is 390 g/mol. The van der Waals surface area contributed by atoms with Gasteiger partial charge in [-0.25, -0.2) is 8.78 Å². The smallest absolute Gasteiger partial charge is 0.252 e. The highest BCUT2D eigenvalue weighted by molar-refractivity contribution is 5.93. The number of fused-ring (bicyclic) bond motifs is 1. The summed E-state index contributed by atoms with van der Waals surface area (Å²) in [5, 5.41) is 11.4. The van der Waals surface area contributed by atoms with Gasteiger partial charge in [0, 0.05) is 63.5 Å². The van der Waals surface area contributed by atoms with E-state index in [2.05, 4.69) is 20.5 Å². The Bertz CT molecular complexity index is 1000. The highest BCUT2D eigenvalue weighted by atomic mass is 19.1. The number of carbonyl (C=O) groups is 1. The number of hydrogen-bond donors (Lipinski definition) is 1. The molecule has 3 aromatic rings. The van der Waals surface area contributed by atoms with E-state index < -0.39 is 11.6 Å². The lowest BCUT2D eigenvalue weighted by atomic mass is 10.2. The summed E-state index contributed by atoms with van der Waals surface area (Å²) in [6.07, 6.45) is 4.32. The van der Waals surface area contributed by atoms with Gasteiger partial charge in [-0.2, -0.15) is 0 Å². The zero-order valence-corrected chi connectivity index (χ0v) is 16.4. The number of nitrogens with one attached hydrogen (secondary N) is 1.